The minimum absolute atomic E-state index is 0.0533. The summed E-state index contributed by atoms with van der Waals surface area (Å²) in [4.78, 5) is 45.9. The Kier molecular flexibility index (Phi) is 8.44. The molecule has 1 atom stereocenters. The number of carbonyl (C=O) groups is 3. The lowest BCUT2D eigenvalue weighted by Gasteiger charge is -2.24. The normalized spacial score (nSPS) is 15.1. The lowest BCUT2D eigenvalue weighted by molar-refractivity contribution is -0.117. The van der Waals surface area contributed by atoms with E-state index in [2.05, 4.69) is 11.9 Å². The van der Waals surface area contributed by atoms with Crippen molar-refractivity contribution in [1.82, 2.24) is 4.98 Å². The van der Waals surface area contributed by atoms with Crippen molar-refractivity contribution in [1.29, 1.82) is 0 Å². The van der Waals surface area contributed by atoms with Gasteiger partial charge in [0, 0.05) is 12.3 Å². The number of hydrogen-bond acceptors (Lipinski definition) is 9. The topological polar surface area (TPSA) is 119 Å². The van der Waals surface area contributed by atoms with Gasteiger partial charge in [0.25, 0.3) is 5.91 Å². The van der Waals surface area contributed by atoms with E-state index in [1.54, 1.807) is 55.5 Å². The number of aromatic nitrogens is 1. The zero-order valence-corrected chi connectivity index (χ0v) is 24.7. The molecule has 5 rings (SSSR count). The summed E-state index contributed by atoms with van der Waals surface area (Å²) >= 11 is 1.04. The number of para-hydroxylation sites is 1. The lowest BCUT2D eigenvalue weighted by Crippen LogP contribution is -2.31. The molecule has 0 bridgehead atoms. The SMILES string of the molecule is CCCCCCOc1ccc(C2C(C(=O)c3cc4cccc(OC)c4o3)=C(O)C(=O)N2c2nc(C)c(C(C)=O)s2)cc1. The first-order chi connectivity index (χ1) is 20.2. The molecule has 1 unspecified atom stereocenters. The number of thiazole rings is 1. The van der Waals surface area contributed by atoms with E-state index in [0.29, 0.717) is 45.2 Å². The zero-order chi connectivity index (χ0) is 30.0. The summed E-state index contributed by atoms with van der Waals surface area (Å²) in [6.07, 6.45) is 4.33. The van der Waals surface area contributed by atoms with E-state index in [9.17, 15) is 19.5 Å². The van der Waals surface area contributed by atoms with Gasteiger partial charge in [-0.3, -0.25) is 19.3 Å². The third-order valence-corrected chi connectivity index (χ3v) is 8.44. The summed E-state index contributed by atoms with van der Waals surface area (Å²) in [5.41, 5.74) is 1.25. The smallest absolute Gasteiger partial charge is 0.296 e. The largest absolute Gasteiger partial charge is 0.503 e. The quantitative estimate of drug-likeness (QED) is 0.137. The molecule has 2 aromatic heterocycles. The van der Waals surface area contributed by atoms with Gasteiger partial charge in [-0.2, -0.15) is 0 Å². The fourth-order valence-electron chi connectivity index (χ4n) is 5.07. The maximum Gasteiger partial charge on any atom is 0.296 e. The second kappa shape index (κ2) is 12.2. The highest BCUT2D eigenvalue weighted by atomic mass is 32.1. The Morgan fingerprint density at radius 3 is 2.55 bits per heavy atom. The monoisotopic (exact) mass is 588 g/mol. The number of anilines is 1. The molecule has 0 saturated carbocycles. The third kappa shape index (κ3) is 5.42. The van der Waals surface area contributed by atoms with Crippen LogP contribution < -0.4 is 14.4 Å². The van der Waals surface area contributed by atoms with Gasteiger partial charge in [-0.1, -0.05) is 61.8 Å². The van der Waals surface area contributed by atoms with E-state index in [1.165, 1.54) is 18.9 Å². The van der Waals surface area contributed by atoms with Crippen molar-refractivity contribution in [3.05, 3.63) is 81.8 Å². The predicted molar refractivity (Wildman–Crippen MR) is 160 cm³/mol. The standard InChI is InChI=1S/C32H32N2O7S/c1-5-6-7-8-16-40-22-14-12-20(13-15-22)26-25(27(36)24-17-21-10-9-11-23(39-4)29(21)41-24)28(37)31(38)34(26)32-33-18(2)30(42-32)19(3)35/h9-15,17,26,37H,5-8,16H2,1-4H3. The number of aliphatic hydroxyl groups excluding tert-OH is 1. The minimum Gasteiger partial charge on any atom is -0.503 e. The molecule has 42 heavy (non-hydrogen) atoms. The van der Waals surface area contributed by atoms with Gasteiger partial charge in [-0.15, -0.1) is 0 Å². The van der Waals surface area contributed by atoms with Crippen molar-refractivity contribution >= 4 is 44.9 Å². The molecule has 9 nitrogen and oxygen atoms in total. The van der Waals surface area contributed by atoms with Gasteiger partial charge in [-0.05, 0) is 43.2 Å². The Hall–Kier alpha value is -4.44. The summed E-state index contributed by atoms with van der Waals surface area (Å²) < 4.78 is 17.1. The number of benzene rings is 2. The highest BCUT2D eigenvalue weighted by molar-refractivity contribution is 7.17. The molecule has 0 radical (unpaired) electrons. The maximum atomic E-state index is 14.0. The van der Waals surface area contributed by atoms with Crippen molar-refractivity contribution in [3.8, 4) is 11.5 Å². The summed E-state index contributed by atoms with van der Waals surface area (Å²) in [7, 11) is 1.50. The van der Waals surface area contributed by atoms with Crippen LogP contribution in [-0.4, -0.2) is 41.3 Å². The molecule has 0 saturated heterocycles. The van der Waals surface area contributed by atoms with Crippen LogP contribution in [-0.2, 0) is 4.79 Å². The van der Waals surface area contributed by atoms with Crippen molar-refractivity contribution in [2.24, 2.45) is 0 Å². The third-order valence-electron chi connectivity index (χ3n) is 7.18. The van der Waals surface area contributed by atoms with Crippen LogP contribution in [0.1, 0.15) is 77.1 Å². The molecule has 1 aliphatic heterocycles. The van der Waals surface area contributed by atoms with Gasteiger partial charge in [0.15, 0.2) is 33.8 Å². The van der Waals surface area contributed by atoms with Crippen LogP contribution >= 0.6 is 11.3 Å². The number of nitrogens with zero attached hydrogens (tertiary/aromatic N) is 2. The van der Waals surface area contributed by atoms with Crippen LogP contribution in [0.4, 0.5) is 5.13 Å². The van der Waals surface area contributed by atoms with Gasteiger partial charge >= 0.3 is 0 Å². The van der Waals surface area contributed by atoms with Gasteiger partial charge in [0.1, 0.15) is 5.75 Å². The van der Waals surface area contributed by atoms with Gasteiger partial charge in [0.2, 0.25) is 5.78 Å². The molecule has 3 heterocycles. The lowest BCUT2D eigenvalue weighted by atomic mass is 9.95. The number of methoxy groups -OCH3 is 1. The second-order valence-corrected chi connectivity index (χ2v) is 11.1. The average molecular weight is 589 g/mol. The van der Waals surface area contributed by atoms with Crippen LogP contribution in [0, 0.1) is 6.92 Å². The molecular formula is C32H32N2O7S. The number of furan rings is 1. The van der Waals surface area contributed by atoms with E-state index in [1.807, 2.05) is 0 Å². The average Bonchev–Trinajstić information content (AvgIpc) is 3.66. The van der Waals surface area contributed by atoms with Crippen LogP contribution in [0.15, 0.2) is 64.3 Å². The van der Waals surface area contributed by atoms with E-state index in [4.69, 9.17) is 13.9 Å². The summed E-state index contributed by atoms with van der Waals surface area (Å²) in [5.74, 6) is -1.29. The Labute approximate surface area is 247 Å². The molecule has 1 N–H and O–H groups in total. The number of rotatable bonds is 12. The number of unbranched alkanes of at least 4 members (excludes halogenated alkanes) is 3. The highest BCUT2D eigenvalue weighted by Crippen LogP contribution is 2.44. The Bertz CT molecular complexity index is 1680. The summed E-state index contributed by atoms with van der Waals surface area (Å²) in [6, 6.07) is 12.9. The molecule has 10 heteroatoms. The van der Waals surface area contributed by atoms with E-state index >= 15 is 0 Å². The minimum atomic E-state index is -1.02. The van der Waals surface area contributed by atoms with Crippen LogP contribution in [0.25, 0.3) is 11.0 Å². The van der Waals surface area contributed by atoms with Crippen LogP contribution in [0.3, 0.4) is 0 Å². The zero-order valence-electron chi connectivity index (χ0n) is 23.9. The molecule has 4 aromatic rings. The highest BCUT2D eigenvalue weighted by Gasteiger charge is 2.47. The molecule has 2 aromatic carbocycles. The second-order valence-electron chi connectivity index (χ2n) is 10.1. The van der Waals surface area contributed by atoms with E-state index < -0.39 is 23.5 Å². The predicted octanol–water partition coefficient (Wildman–Crippen LogP) is 7.15. The first-order valence-electron chi connectivity index (χ1n) is 13.8. The van der Waals surface area contributed by atoms with Gasteiger partial charge in [-0.25, -0.2) is 4.98 Å². The number of fused-ring (bicyclic) bond motifs is 1. The molecule has 0 spiro atoms. The fourth-order valence-corrected chi connectivity index (χ4v) is 6.06. The van der Waals surface area contributed by atoms with Crippen LogP contribution in [0.5, 0.6) is 11.5 Å². The number of ether oxygens (including phenoxy) is 2. The van der Waals surface area contributed by atoms with Crippen molar-refractivity contribution in [2.45, 2.75) is 52.5 Å². The summed E-state index contributed by atoms with van der Waals surface area (Å²) in [5, 5.41) is 12.0. The number of aliphatic hydroxyl groups is 1. The van der Waals surface area contributed by atoms with Crippen molar-refractivity contribution in [2.75, 3.05) is 18.6 Å². The number of ketones is 2. The van der Waals surface area contributed by atoms with E-state index in [-0.39, 0.29) is 22.2 Å². The molecule has 0 aliphatic carbocycles. The Balaban J connectivity index is 1.55. The Morgan fingerprint density at radius 1 is 1.12 bits per heavy atom. The van der Waals surface area contributed by atoms with Gasteiger partial charge in [0.05, 0.1) is 35.9 Å². The fraction of sp³-hybridized carbons (Fsp3) is 0.312. The maximum absolute atomic E-state index is 14.0. The molecular weight excluding hydrogens is 556 g/mol. The van der Waals surface area contributed by atoms with Crippen LogP contribution in [0.2, 0.25) is 0 Å². The molecule has 218 valence electrons. The Morgan fingerprint density at radius 2 is 1.88 bits per heavy atom. The molecule has 1 aliphatic rings. The van der Waals surface area contributed by atoms with E-state index in [0.717, 1.165) is 37.0 Å². The van der Waals surface area contributed by atoms with Crippen molar-refractivity contribution in [3.63, 3.8) is 0 Å². The number of aryl methyl sites for hydroxylation is 1. The molecule has 0 fully saturated rings. The van der Waals surface area contributed by atoms with Crippen molar-refractivity contribution < 1.29 is 33.4 Å². The van der Waals surface area contributed by atoms with Gasteiger partial charge < -0.3 is 19.0 Å². The summed E-state index contributed by atoms with van der Waals surface area (Å²) in [6.45, 7) is 5.84. The number of hydrogen-bond donors (Lipinski definition) is 1. The number of amides is 1. The molecule has 1 amide bonds. The first kappa shape index (κ1) is 29.1. The number of Topliss-reactive ketones (excluding diaryl/α,β-unsaturated/α-hetero) is 2. The number of carbonyl (C=O) groups excluding carboxylic acids is 3. The first-order valence-corrected chi connectivity index (χ1v) is 14.7.